The van der Waals surface area contributed by atoms with Crippen molar-refractivity contribution in [2.45, 2.75) is 45.6 Å². The SMILES string of the molecule is CC(C)(C)OC(=O)N1CCCC(CCNC(=O)c2ccoc2)C1. The highest BCUT2D eigenvalue weighted by molar-refractivity contribution is 5.93. The molecule has 6 nitrogen and oxygen atoms in total. The van der Waals surface area contributed by atoms with Gasteiger partial charge in [0.1, 0.15) is 11.9 Å². The second kappa shape index (κ2) is 7.53. The summed E-state index contributed by atoms with van der Waals surface area (Å²) in [4.78, 5) is 25.7. The number of hydrogen-bond acceptors (Lipinski definition) is 4. The molecule has 1 atom stereocenters. The number of carbonyl (C=O) groups is 2. The van der Waals surface area contributed by atoms with Crippen LogP contribution >= 0.6 is 0 Å². The summed E-state index contributed by atoms with van der Waals surface area (Å²) >= 11 is 0. The van der Waals surface area contributed by atoms with Crippen molar-refractivity contribution >= 4 is 12.0 Å². The molecule has 0 saturated carbocycles. The summed E-state index contributed by atoms with van der Waals surface area (Å²) in [5.74, 6) is 0.263. The molecule has 2 heterocycles. The lowest BCUT2D eigenvalue weighted by molar-refractivity contribution is 0.0161. The zero-order valence-electron chi connectivity index (χ0n) is 14.1. The van der Waals surface area contributed by atoms with Crippen LogP contribution in [-0.4, -0.2) is 42.1 Å². The molecule has 1 unspecified atom stereocenters. The molecule has 1 aromatic rings. The summed E-state index contributed by atoms with van der Waals surface area (Å²) in [6.45, 7) is 7.65. The van der Waals surface area contributed by atoms with Gasteiger partial charge in [0, 0.05) is 19.6 Å². The first-order valence-corrected chi connectivity index (χ1v) is 8.13. The van der Waals surface area contributed by atoms with Gasteiger partial charge in [0.15, 0.2) is 0 Å². The molecular formula is C17H26N2O4. The Kier molecular flexibility index (Phi) is 5.69. The van der Waals surface area contributed by atoms with E-state index in [-0.39, 0.29) is 12.0 Å². The van der Waals surface area contributed by atoms with Crippen molar-refractivity contribution in [1.82, 2.24) is 10.2 Å². The van der Waals surface area contributed by atoms with E-state index >= 15 is 0 Å². The zero-order chi connectivity index (χ0) is 16.9. The normalized spacial score (nSPS) is 18.6. The van der Waals surface area contributed by atoms with Crippen LogP contribution in [0.5, 0.6) is 0 Å². The average Bonchev–Trinajstić information content (AvgIpc) is 3.00. The average molecular weight is 322 g/mol. The van der Waals surface area contributed by atoms with E-state index in [1.165, 1.54) is 12.5 Å². The van der Waals surface area contributed by atoms with Crippen LogP contribution in [0.15, 0.2) is 23.0 Å². The number of rotatable bonds is 4. The van der Waals surface area contributed by atoms with E-state index in [0.717, 1.165) is 25.8 Å². The van der Waals surface area contributed by atoms with Gasteiger partial charge in [-0.1, -0.05) is 0 Å². The Labute approximate surface area is 137 Å². The fourth-order valence-electron chi connectivity index (χ4n) is 2.68. The number of likely N-dealkylation sites (tertiary alicyclic amines) is 1. The minimum Gasteiger partial charge on any atom is -0.472 e. The number of piperidine rings is 1. The van der Waals surface area contributed by atoms with Gasteiger partial charge in [0.05, 0.1) is 11.8 Å². The summed E-state index contributed by atoms with van der Waals surface area (Å²) in [6.07, 6.45) is 5.56. The molecular weight excluding hydrogens is 296 g/mol. The molecule has 1 N–H and O–H groups in total. The molecule has 6 heteroatoms. The van der Waals surface area contributed by atoms with Gasteiger partial charge in [-0.05, 0) is 52.0 Å². The summed E-state index contributed by atoms with van der Waals surface area (Å²) in [5.41, 5.74) is 0.0619. The van der Waals surface area contributed by atoms with Crippen LogP contribution in [0.1, 0.15) is 50.4 Å². The van der Waals surface area contributed by atoms with Gasteiger partial charge >= 0.3 is 6.09 Å². The van der Waals surface area contributed by atoms with E-state index in [4.69, 9.17) is 9.15 Å². The molecule has 1 saturated heterocycles. The summed E-state index contributed by atoms with van der Waals surface area (Å²) in [7, 11) is 0. The second-order valence-electron chi connectivity index (χ2n) is 6.99. The molecule has 0 aromatic carbocycles. The third-order valence-corrected chi connectivity index (χ3v) is 3.79. The Bertz CT molecular complexity index is 519. The molecule has 1 aromatic heterocycles. The highest BCUT2D eigenvalue weighted by Crippen LogP contribution is 2.21. The van der Waals surface area contributed by atoms with Crippen molar-refractivity contribution in [3.63, 3.8) is 0 Å². The van der Waals surface area contributed by atoms with Gasteiger partial charge in [-0.2, -0.15) is 0 Å². The van der Waals surface area contributed by atoms with Crippen molar-refractivity contribution in [3.8, 4) is 0 Å². The van der Waals surface area contributed by atoms with Crippen LogP contribution in [0.2, 0.25) is 0 Å². The number of ether oxygens (including phenoxy) is 1. The minimum atomic E-state index is -0.470. The van der Waals surface area contributed by atoms with E-state index in [1.54, 1.807) is 11.0 Å². The predicted octanol–water partition coefficient (Wildman–Crippen LogP) is 3.05. The van der Waals surface area contributed by atoms with E-state index in [2.05, 4.69) is 5.32 Å². The first-order valence-electron chi connectivity index (χ1n) is 8.13. The second-order valence-corrected chi connectivity index (χ2v) is 6.99. The molecule has 0 bridgehead atoms. The Morgan fingerprint density at radius 3 is 2.87 bits per heavy atom. The van der Waals surface area contributed by atoms with Crippen molar-refractivity contribution in [2.75, 3.05) is 19.6 Å². The summed E-state index contributed by atoms with van der Waals surface area (Å²) < 4.78 is 10.3. The monoisotopic (exact) mass is 322 g/mol. The van der Waals surface area contributed by atoms with Crippen LogP contribution in [0.3, 0.4) is 0 Å². The number of nitrogens with one attached hydrogen (secondary N) is 1. The van der Waals surface area contributed by atoms with E-state index < -0.39 is 5.60 Å². The maximum absolute atomic E-state index is 12.1. The van der Waals surface area contributed by atoms with Crippen molar-refractivity contribution in [2.24, 2.45) is 5.92 Å². The molecule has 1 fully saturated rings. The molecule has 128 valence electrons. The van der Waals surface area contributed by atoms with Crippen LogP contribution in [0, 0.1) is 5.92 Å². The Morgan fingerprint density at radius 2 is 2.22 bits per heavy atom. The zero-order valence-corrected chi connectivity index (χ0v) is 14.1. The van der Waals surface area contributed by atoms with Gasteiger partial charge in [-0.25, -0.2) is 4.79 Å². The lowest BCUT2D eigenvalue weighted by Crippen LogP contribution is -2.43. The highest BCUT2D eigenvalue weighted by atomic mass is 16.6. The van der Waals surface area contributed by atoms with Crippen molar-refractivity contribution < 1.29 is 18.7 Å². The smallest absolute Gasteiger partial charge is 0.410 e. The fraction of sp³-hybridized carbons (Fsp3) is 0.647. The third-order valence-electron chi connectivity index (χ3n) is 3.79. The van der Waals surface area contributed by atoms with E-state index in [1.807, 2.05) is 20.8 Å². The Balaban J connectivity index is 1.73. The molecule has 1 aliphatic rings. The molecule has 2 amide bonds. The van der Waals surface area contributed by atoms with Crippen molar-refractivity contribution in [1.29, 1.82) is 0 Å². The lowest BCUT2D eigenvalue weighted by Gasteiger charge is -2.34. The molecule has 23 heavy (non-hydrogen) atoms. The van der Waals surface area contributed by atoms with E-state index in [0.29, 0.717) is 24.6 Å². The Morgan fingerprint density at radius 1 is 1.43 bits per heavy atom. The maximum atomic E-state index is 12.1. The number of furan rings is 1. The van der Waals surface area contributed by atoms with Crippen LogP contribution in [0.4, 0.5) is 4.79 Å². The number of nitrogens with zero attached hydrogens (tertiary/aromatic N) is 1. The highest BCUT2D eigenvalue weighted by Gasteiger charge is 2.27. The van der Waals surface area contributed by atoms with Gasteiger partial charge in [-0.3, -0.25) is 4.79 Å². The molecule has 0 spiro atoms. The topological polar surface area (TPSA) is 71.8 Å². The molecule has 1 aliphatic heterocycles. The first-order chi connectivity index (χ1) is 10.8. The Hall–Kier alpha value is -1.98. The predicted molar refractivity (Wildman–Crippen MR) is 86.2 cm³/mol. The standard InChI is InChI=1S/C17H26N2O4/c1-17(2,3)23-16(21)19-9-4-5-13(11-19)6-8-18-15(20)14-7-10-22-12-14/h7,10,12-13H,4-6,8-9,11H2,1-3H3,(H,18,20). The van der Waals surface area contributed by atoms with Crippen LogP contribution in [-0.2, 0) is 4.74 Å². The quantitative estimate of drug-likeness (QED) is 0.925. The fourth-order valence-corrected chi connectivity index (χ4v) is 2.68. The minimum absolute atomic E-state index is 0.126. The maximum Gasteiger partial charge on any atom is 0.410 e. The van der Waals surface area contributed by atoms with E-state index in [9.17, 15) is 9.59 Å². The van der Waals surface area contributed by atoms with Crippen LogP contribution in [0.25, 0.3) is 0 Å². The van der Waals surface area contributed by atoms with Crippen molar-refractivity contribution in [3.05, 3.63) is 24.2 Å². The van der Waals surface area contributed by atoms with Gasteiger partial charge in [0.25, 0.3) is 5.91 Å². The molecule has 2 rings (SSSR count). The van der Waals surface area contributed by atoms with Gasteiger partial charge in [0.2, 0.25) is 0 Å². The molecule has 0 aliphatic carbocycles. The summed E-state index contributed by atoms with van der Waals surface area (Å²) in [5, 5.41) is 2.88. The number of amides is 2. The largest absolute Gasteiger partial charge is 0.472 e. The van der Waals surface area contributed by atoms with Gasteiger partial charge < -0.3 is 19.4 Å². The van der Waals surface area contributed by atoms with Gasteiger partial charge in [-0.15, -0.1) is 0 Å². The molecule has 0 radical (unpaired) electrons. The number of carbonyl (C=O) groups excluding carboxylic acids is 2. The van der Waals surface area contributed by atoms with Crippen LogP contribution < -0.4 is 5.32 Å². The lowest BCUT2D eigenvalue weighted by atomic mass is 9.95. The third kappa shape index (κ3) is 5.62. The first kappa shape index (κ1) is 17.4. The summed E-state index contributed by atoms with van der Waals surface area (Å²) in [6, 6.07) is 1.64. The number of hydrogen-bond donors (Lipinski definition) is 1.